The van der Waals surface area contributed by atoms with Gasteiger partial charge in [0, 0.05) is 41.8 Å². The molecule has 8 heteroatoms. The molecule has 1 fully saturated rings. The van der Waals surface area contributed by atoms with Gasteiger partial charge in [0.1, 0.15) is 6.04 Å². The molecule has 1 aliphatic rings. The fourth-order valence-electron chi connectivity index (χ4n) is 3.49. The Kier molecular flexibility index (Phi) is 4.72. The van der Waals surface area contributed by atoms with Gasteiger partial charge in [0.2, 0.25) is 5.95 Å². The minimum Gasteiger partial charge on any atom is -0.480 e. The average Bonchev–Trinajstić information content (AvgIpc) is 3.29. The maximum atomic E-state index is 11.2. The third kappa shape index (κ3) is 3.48. The molecule has 4 rings (SSSR count). The summed E-state index contributed by atoms with van der Waals surface area (Å²) in [5, 5.41) is 14.0. The number of nitrogens with zero attached hydrogens (tertiary/aromatic N) is 3. The lowest BCUT2D eigenvalue weighted by Gasteiger charge is -2.20. The molecule has 140 valence electrons. The lowest BCUT2D eigenvalue weighted by Crippen LogP contribution is -2.38. The summed E-state index contributed by atoms with van der Waals surface area (Å²) in [5.74, 6) is -0.311. The normalized spacial score (nSPS) is 18.7. The first-order valence-electron chi connectivity index (χ1n) is 8.85. The van der Waals surface area contributed by atoms with Crippen molar-refractivity contribution >= 4 is 34.4 Å². The van der Waals surface area contributed by atoms with Gasteiger partial charge < -0.3 is 15.4 Å². The zero-order valence-electron chi connectivity index (χ0n) is 14.8. The molecule has 3 heterocycles. The molecule has 27 heavy (non-hydrogen) atoms. The quantitative estimate of drug-likeness (QED) is 0.624. The Labute approximate surface area is 161 Å². The summed E-state index contributed by atoms with van der Waals surface area (Å²) in [7, 11) is 0. The summed E-state index contributed by atoms with van der Waals surface area (Å²) in [6.07, 6.45) is 4.33. The van der Waals surface area contributed by atoms with Crippen LogP contribution in [0.3, 0.4) is 0 Å². The molecule has 2 atom stereocenters. The second-order valence-corrected chi connectivity index (χ2v) is 7.18. The predicted molar refractivity (Wildman–Crippen MR) is 105 cm³/mol. The van der Waals surface area contributed by atoms with Crippen molar-refractivity contribution in [2.24, 2.45) is 0 Å². The Morgan fingerprint density at radius 3 is 3.07 bits per heavy atom. The number of carboxylic acids is 1. The third-order valence-corrected chi connectivity index (χ3v) is 5.32. The molecule has 1 saturated heterocycles. The van der Waals surface area contributed by atoms with Crippen molar-refractivity contribution in [3.63, 3.8) is 0 Å². The first kappa shape index (κ1) is 17.8. The molecule has 1 aromatic carbocycles. The van der Waals surface area contributed by atoms with E-state index < -0.39 is 12.0 Å². The first-order chi connectivity index (χ1) is 13.0. The van der Waals surface area contributed by atoms with Crippen LogP contribution in [0.1, 0.15) is 13.3 Å². The van der Waals surface area contributed by atoms with E-state index in [2.05, 4.69) is 20.3 Å². The van der Waals surface area contributed by atoms with Crippen LogP contribution in [-0.4, -0.2) is 56.1 Å². The van der Waals surface area contributed by atoms with Crippen LogP contribution in [0, 0.1) is 0 Å². The molecule has 0 amide bonds. The van der Waals surface area contributed by atoms with Crippen LogP contribution >= 0.6 is 11.6 Å². The highest BCUT2D eigenvalue weighted by Crippen LogP contribution is 2.32. The van der Waals surface area contributed by atoms with E-state index in [-0.39, 0.29) is 6.04 Å². The Bertz CT molecular complexity index is 989. The van der Waals surface area contributed by atoms with Gasteiger partial charge in [-0.2, -0.15) is 0 Å². The van der Waals surface area contributed by atoms with Crippen LogP contribution < -0.4 is 5.32 Å². The number of nitrogens with one attached hydrogen (secondary N) is 2. The number of benzene rings is 1. The Balaban J connectivity index is 1.56. The number of para-hydroxylation sites is 1. The molecular formula is C19H20ClN5O2. The summed E-state index contributed by atoms with van der Waals surface area (Å²) in [4.78, 5) is 25.3. The fraction of sp³-hybridized carbons (Fsp3) is 0.316. The number of likely N-dealkylation sites (tertiary alicyclic amines) is 1. The number of carbonyl (C=O) groups is 1. The number of halogens is 1. The van der Waals surface area contributed by atoms with Gasteiger partial charge in [-0.15, -0.1) is 0 Å². The van der Waals surface area contributed by atoms with Gasteiger partial charge in [-0.05, 0) is 19.4 Å². The summed E-state index contributed by atoms with van der Waals surface area (Å²) < 4.78 is 0. The Hall–Kier alpha value is -2.64. The van der Waals surface area contributed by atoms with Crippen molar-refractivity contribution in [2.75, 3.05) is 18.4 Å². The van der Waals surface area contributed by atoms with Crippen LogP contribution in [0.25, 0.3) is 22.2 Å². The number of rotatable bonds is 5. The van der Waals surface area contributed by atoms with Crippen molar-refractivity contribution in [1.29, 1.82) is 0 Å². The Morgan fingerprint density at radius 1 is 1.44 bits per heavy atom. The van der Waals surface area contributed by atoms with Crippen LogP contribution in [0.5, 0.6) is 0 Å². The standard InChI is InChI=1S/C19H20ClN5O2/c1-11(18(26)27)25-7-6-12(10-25)23-19-22-9-15(20)17(24-19)14-8-21-16-5-3-2-4-13(14)16/h2-5,8-9,11-12,21H,6-7,10H2,1H3,(H,26,27)(H,22,23,24)/t11-,12?/m1/s1. The van der Waals surface area contributed by atoms with Crippen molar-refractivity contribution in [2.45, 2.75) is 25.4 Å². The highest BCUT2D eigenvalue weighted by Gasteiger charge is 2.29. The van der Waals surface area contributed by atoms with Gasteiger partial charge >= 0.3 is 5.97 Å². The average molecular weight is 386 g/mol. The number of carboxylic acid groups (broad SMARTS) is 1. The van der Waals surface area contributed by atoms with Gasteiger partial charge in [-0.3, -0.25) is 9.69 Å². The van der Waals surface area contributed by atoms with E-state index in [9.17, 15) is 9.90 Å². The molecule has 2 aromatic heterocycles. The number of H-pyrrole nitrogens is 1. The second kappa shape index (κ2) is 7.17. The lowest BCUT2D eigenvalue weighted by molar-refractivity contribution is -0.142. The largest absolute Gasteiger partial charge is 0.480 e. The van der Waals surface area contributed by atoms with Crippen molar-refractivity contribution in [3.05, 3.63) is 41.7 Å². The van der Waals surface area contributed by atoms with E-state index in [0.29, 0.717) is 23.2 Å². The lowest BCUT2D eigenvalue weighted by atomic mass is 10.1. The van der Waals surface area contributed by atoms with E-state index in [1.807, 2.05) is 35.4 Å². The highest BCUT2D eigenvalue weighted by atomic mass is 35.5. The van der Waals surface area contributed by atoms with Gasteiger partial charge in [0.25, 0.3) is 0 Å². The molecule has 3 N–H and O–H groups in total. The van der Waals surface area contributed by atoms with Crippen LogP contribution in [0.2, 0.25) is 5.02 Å². The smallest absolute Gasteiger partial charge is 0.320 e. The number of hydrogen-bond acceptors (Lipinski definition) is 5. The molecule has 3 aromatic rings. The van der Waals surface area contributed by atoms with Gasteiger partial charge in [0.05, 0.1) is 16.9 Å². The molecule has 0 spiro atoms. The topological polar surface area (TPSA) is 94.1 Å². The summed E-state index contributed by atoms with van der Waals surface area (Å²) >= 11 is 6.36. The minimum atomic E-state index is -0.806. The molecule has 1 aliphatic heterocycles. The number of aromatic amines is 1. The van der Waals surface area contributed by atoms with Crippen molar-refractivity contribution in [3.8, 4) is 11.3 Å². The molecule has 0 aliphatic carbocycles. The monoisotopic (exact) mass is 385 g/mol. The van der Waals surface area contributed by atoms with Crippen LogP contribution in [0.4, 0.5) is 5.95 Å². The Morgan fingerprint density at radius 2 is 2.26 bits per heavy atom. The maximum absolute atomic E-state index is 11.2. The zero-order valence-corrected chi connectivity index (χ0v) is 15.6. The molecular weight excluding hydrogens is 366 g/mol. The van der Waals surface area contributed by atoms with E-state index in [4.69, 9.17) is 11.6 Å². The summed E-state index contributed by atoms with van der Waals surface area (Å²) in [5.41, 5.74) is 2.61. The van der Waals surface area contributed by atoms with Gasteiger partial charge in [-0.25, -0.2) is 9.97 Å². The molecule has 1 unspecified atom stereocenters. The zero-order chi connectivity index (χ0) is 19.0. The molecule has 0 bridgehead atoms. The predicted octanol–water partition coefficient (Wildman–Crippen LogP) is 3.24. The van der Waals surface area contributed by atoms with Crippen molar-refractivity contribution < 1.29 is 9.90 Å². The van der Waals surface area contributed by atoms with E-state index in [1.165, 1.54) is 0 Å². The van der Waals surface area contributed by atoms with Gasteiger partial charge in [0.15, 0.2) is 0 Å². The molecule has 7 nitrogen and oxygen atoms in total. The highest BCUT2D eigenvalue weighted by molar-refractivity contribution is 6.33. The SMILES string of the molecule is C[C@H](C(=O)O)N1CCC(Nc2ncc(Cl)c(-c3c[nH]c4ccccc34)n2)C1. The fourth-order valence-corrected chi connectivity index (χ4v) is 3.68. The number of hydrogen-bond donors (Lipinski definition) is 3. The number of fused-ring (bicyclic) bond motifs is 1. The number of aromatic nitrogens is 3. The summed E-state index contributed by atoms with van der Waals surface area (Å²) in [6, 6.07) is 7.58. The molecule has 0 radical (unpaired) electrons. The van der Waals surface area contributed by atoms with Crippen molar-refractivity contribution in [1.82, 2.24) is 19.9 Å². The molecule has 0 saturated carbocycles. The van der Waals surface area contributed by atoms with E-state index >= 15 is 0 Å². The van der Waals surface area contributed by atoms with Gasteiger partial charge in [-0.1, -0.05) is 29.8 Å². The maximum Gasteiger partial charge on any atom is 0.320 e. The second-order valence-electron chi connectivity index (χ2n) is 6.78. The minimum absolute atomic E-state index is 0.101. The number of aliphatic carboxylic acids is 1. The van der Waals surface area contributed by atoms with Crippen LogP contribution in [0.15, 0.2) is 36.7 Å². The van der Waals surface area contributed by atoms with Crippen LogP contribution in [-0.2, 0) is 4.79 Å². The summed E-state index contributed by atoms with van der Waals surface area (Å²) in [6.45, 7) is 3.08. The van der Waals surface area contributed by atoms with E-state index in [0.717, 1.165) is 29.4 Å². The number of anilines is 1. The third-order valence-electron chi connectivity index (χ3n) is 5.05. The first-order valence-corrected chi connectivity index (χ1v) is 9.23. The van der Waals surface area contributed by atoms with E-state index in [1.54, 1.807) is 13.1 Å².